The Morgan fingerprint density at radius 3 is 2.25 bits per heavy atom. The topological polar surface area (TPSA) is 34.1 Å². The Balaban J connectivity index is 2.03. The number of carbonyl (C=O) groups excluding carboxylic acids is 2. The van der Waals surface area contributed by atoms with Crippen molar-refractivity contribution in [1.82, 2.24) is 0 Å². The van der Waals surface area contributed by atoms with Crippen LogP contribution in [0.25, 0.3) is 0 Å². The van der Waals surface area contributed by atoms with Gasteiger partial charge in [0.05, 0.1) is 0 Å². The molecule has 0 amide bonds. The second kappa shape index (κ2) is 6.16. The monoisotopic (exact) mass is 264 g/mol. The van der Waals surface area contributed by atoms with Crippen LogP contribution in [0.4, 0.5) is 0 Å². The molecule has 0 aliphatic carbocycles. The van der Waals surface area contributed by atoms with Gasteiger partial charge in [-0.15, -0.1) is 0 Å². The Labute approximate surface area is 119 Å². The minimum absolute atomic E-state index is 0.0144. The van der Waals surface area contributed by atoms with Crippen LogP contribution in [0.3, 0.4) is 0 Å². The maximum absolute atomic E-state index is 12.1. The molecule has 2 rings (SSSR count). The van der Waals surface area contributed by atoms with Gasteiger partial charge in [0.15, 0.2) is 11.6 Å². The highest BCUT2D eigenvalue weighted by Crippen LogP contribution is 2.14. The highest BCUT2D eigenvalue weighted by Gasteiger charge is 2.13. The summed E-state index contributed by atoms with van der Waals surface area (Å²) in [5.41, 5.74) is 3.05. The SMILES string of the molecule is Cc1c#cccc1C(=O)CCC(=O)c1ccccc1C. The van der Waals surface area contributed by atoms with Crippen LogP contribution < -0.4 is 0 Å². The van der Waals surface area contributed by atoms with Crippen LogP contribution in [0.15, 0.2) is 36.4 Å². The number of ketones is 2. The summed E-state index contributed by atoms with van der Waals surface area (Å²) in [6.45, 7) is 3.73. The normalized spacial score (nSPS) is 9.90. The first-order valence-corrected chi connectivity index (χ1v) is 6.60. The van der Waals surface area contributed by atoms with Crippen LogP contribution >= 0.6 is 0 Å². The van der Waals surface area contributed by atoms with Gasteiger partial charge in [0.1, 0.15) is 0 Å². The van der Waals surface area contributed by atoms with E-state index in [-0.39, 0.29) is 24.4 Å². The van der Waals surface area contributed by atoms with Gasteiger partial charge in [-0.1, -0.05) is 36.4 Å². The van der Waals surface area contributed by atoms with Crippen molar-refractivity contribution in [3.05, 3.63) is 70.8 Å². The quantitative estimate of drug-likeness (QED) is 0.771. The molecular weight excluding hydrogens is 248 g/mol. The summed E-state index contributed by atoms with van der Waals surface area (Å²) in [5.74, 6) is -0.00439. The van der Waals surface area contributed by atoms with Crippen molar-refractivity contribution in [2.75, 3.05) is 0 Å². The second-order valence-electron chi connectivity index (χ2n) is 4.80. The first kappa shape index (κ1) is 14.0. The van der Waals surface area contributed by atoms with Gasteiger partial charge in [-0.25, -0.2) is 0 Å². The average Bonchev–Trinajstić information content (AvgIpc) is 2.45. The lowest BCUT2D eigenvalue weighted by atomic mass is 9.97. The van der Waals surface area contributed by atoms with E-state index in [1.807, 2.05) is 32.0 Å². The van der Waals surface area contributed by atoms with E-state index in [9.17, 15) is 9.59 Å². The minimum atomic E-state index is -0.0188. The van der Waals surface area contributed by atoms with Crippen LogP contribution in [-0.2, 0) is 0 Å². The van der Waals surface area contributed by atoms with E-state index in [0.717, 1.165) is 11.1 Å². The Bertz CT molecular complexity index is 584. The van der Waals surface area contributed by atoms with Crippen molar-refractivity contribution >= 4 is 11.6 Å². The highest BCUT2D eigenvalue weighted by atomic mass is 16.1. The summed E-state index contributed by atoms with van der Waals surface area (Å²) < 4.78 is 0. The van der Waals surface area contributed by atoms with Gasteiger partial charge < -0.3 is 0 Å². The predicted octanol–water partition coefficient (Wildman–Crippen LogP) is 3.75. The van der Waals surface area contributed by atoms with Crippen LogP contribution in [-0.4, -0.2) is 11.6 Å². The first-order valence-electron chi connectivity index (χ1n) is 6.60. The molecule has 0 aliphatic rings. The van der Waals surface area contributed by atoms with Crippen LogP contribution in [0.2, 0.25) is 0 Å². The molecule has 0 saturated heterocycles. The molecule has 20 heavy (non-hydrogen) atoms. The number of carbonyl (C=O) groups is 2. The molecular formula is C18H16O2. The lowest BCUT2D eigenvalue weighted by Crippen LogP contribution is -2.07. The standard InChI is InChI=1S/C18H16O2/c1-13-7-3-5-9-15(13)17(19)11-12-18(20)16-10-6-4-8-14(16)2/h3,5-7,9-10H,11-12H2,1-2H3. The molecule has 0 fully saturated rings. The number of hydrogen-bond acceptors (Lipinski definition) is 2. The maximum atomic E-state index is 12.1. The van der Waals surface area contributed by atoms with Gasteiger partial charge in [-0.2, -0.15) is 0 Å². The molecule has 0 aliphatic heterocycles. The summed E-state index contributed by atoms with van der Waals surface area (Å²) in [4.78, 5) is 24.2. The number of benzene rings is 1. The maximum Gasteiger partial charge on any atom is 0.164 e. The molecule has 2 heteroatoms. The molecule has 0 spiro atoms. The average molecular weight is 264 g/mol. The van der Waals surface area contributed by atoms with Gasteiger partial charge in [0.25, 0.3) is 0 Å². The van der Waals surface area contributed by atoms with E-state index in [2.05, 4.69) is 12.1 Å². The zero-order valence-electron chi connectivity index (χ0n) is 11.7. The summed E-state index contributed by atoms with van der Waals surface area (Å²) >= 11 is 0. The van der Waals surface area contributed by atoms with E-state index < -0.39 is 0 Å². The molecule has 0 aromatic heterocycles. The third-order valence-corrected chi connectivity index (χ3v) is 3.32. The van der Waals surface area contributed by atoms with Crippen LogP contribution in [0.5, 0.6) is 0 Å². The zero-order valence-corrected chi connectivity index (χ0v) is 11.7. The van der Waals surface area contributed by atoms with Crippen molar-refractivity contribution in [2.45, 2.75) is 26.7 Å². The molecule has 2 nitrogen and oxygen atoms in total. The van der Waals surface area contributed by atoms with E-state index in [0.29, 0.717) is 11.1 Å². The molecule has 0 radical (unpaired) electrons. The van der Waals surface area contributed by atoms with Crippen molar-refractivity contribution in [1.29, 1.82) is 0 Å². The second-order valence-corrected chi connectivity index (χ2v) is 4.80. The summed E-state index contributed by atoms with van der Waals surface area (Å²) in [6, 6.07) is 16.5. The third-order valence-electron chi connectivity index (χ3n) is 3.32. The van der Waals surface area contributed by atoms with E-state index in [4.69, 9.17) is 0 Å². The van der Waals surface area contributed by atoms with Crippen molar-refractivity contribution in [3.8, 4) is 0 Å². The zero-order chi connectivity index (χ0) is 14.5. The fourth-order valence-electron chi connectivity index (χ4n) is 2.15. The molecule has 100 valence electrons. The smallest absolute Gasteiger partial charge is 0.164 e. The molecule has 0 unspecified atom stereocenters. The highest BCUT2D eigenvalue weighted by molar-refractivity contribution is 6.03. The van der Waals surface area contributed by atoms with Crippen molar-refractivity contribution in [3.63, 3.8) is 0 Å². The van der Waals surface area contributed by atoms with Gasteiger partial charge in [0, 0.05) is 29.5 Å². The Morgan fingerprint density at radius 1 is 0.950 bits per heavy atom. The number of aryl methyl sites for hydroxylation is 1. The number of hydrogen-bond donors (Lipinski definition) is 0. The Morgan fingerprint density at radius 2 is 1.60 bits per heavy atom. The summed E-state index contributed by atoms with van der Waals surface area (Å²) in [6.07, 6.45) is 0.466. The predicted molar refractivity (Wildman–Crippen MR) is 77.9 cm³/mol. The molecule has 0 saturated carbocycles. The first-order chi connectivity index (χ1) is 9.59. The van der Waals surface area contributed by atoms with Crippen molar-refractivity contribution in [2.24, 2.45) is 0 Å². The van der Waals surface area contributed by atoms with Gasteiger partial charge in [-0.05, 0) is 31.5 Å². The fraction of sp³-hybridized carbons (Fsp3) is 0.222. The Kier molecular flexibility index (Phi) is 4.32. The van der Waals surface area contributed by atoms with Gasteiger partial charge in [-0.3, -0.25) is 9.59 Å². The molecule has 2 aromatic carbocycles. The van der Waals surface area contributed by atoms with E-state index >= 15 is 0 Å². The van der Waals surface area contributed by atoms with Crippen molar-refractivity contribution < 1.29 is 9.59 Å². The number of rotatable bonds is 5. The Hall–Kier alpha value is -2.40. The van der Waals surface area contributed by atoms with E-state index in [1.54, 1.807) is 18.2 Å². The number of Topliss-reactive ketones (excluding diaryl/α,β-unsaturated/α-hetero) is 2. The lowest BCUT2D eigenvalue weighted by molar-refractivity contribution is 0.0917. The molecule has 0 heterocycles. The summed E-state index contributed by atoms with van der Waals surface area (Å²) in [5, 5.41) is 0. The third kappa shape index (κ3) is 3.13. The summed E-state index contributed by atoms with van der Waals surface area (Å²) in [7, 11) is 0. The lowest BCUT2D eigenvalue weighted by Gasteiger charge is -2.05. The molecule has 0 N–H and O–H groups in total. The molecule has 0 bridgehead atoms. The van der Waals surface area contributed by atoms with Crippen LogP contribution in [0, 0.1) is 26.0 Å². The minimum Gasteiger partial charge on any atom is -0.294 e. The fourth-order valence-corrected chi connectivity index (χ4v) is 2.15. The van der Waals surface area contributed by atoms with E-state index in [1.165, 1.54) is 0 Å². The van der Waals surface area contributed by atoms with Gasteiger partial charge in [0.2, 0.25) is 0 Å². The van der Waals surface area contributed by atoms with Crippen LogP contribution in [0.1, 0.15) is 44.7 Å². The molecule has 0 atom stereocenters. The molecule has 2 aromatic rings. The van der Waals surface area contributed by atoms with Gasteiger partial charge >= 0.3 is 0 Å². The largest absolute Gasteiger partial charge is 0.294 e.